The quantitative estimate of drug-likeness (QED) is 0.161. The summed E-state index contributed by atoms with van der Waals surface area (Å²) in [5.41, 5.74) is 12.4. The van der Waals surface area contributed by atoms with Gasteiger partial charge in [-0.15, -0.1) is 0 Å². The molecule has 0 heteroatoms. The molecule has 0 N–H and O–H groups in total. The van der Waals surface area contributed by atoms with E-state index in [0.29, 0.717) is 0 Å². The molecule has 10 aromatic rings. The molecule has 0 aliphatic heterocycles. The number of hydrogen-bond donors (Lipinski definition) is 0. The second-order valence-corrected chi connectivity index (χ2v) is 13.6. The lowest BCUT2D eigenvalue weighted by Crippen LogP contribution is -1.92. The van der Waals surface area contributed by atoms with Gasteiger partial charge in [0, 0.05) is 0 Å². The van der Waals surface area contributed by atoms with Gasteiger partial charge in [0.05, 0.1) is 0 Å². The van der Waals surface area contributed by atoms with Gasteiger partial charge in [0.15, 0.2) is 0 Å². The van der Waals surface area contributed by atoms with Crippen LogP contribution in [0.2, 0.25) is 0 Å². The van der Waals surface area contributed by atoms with E-state index in [0.717, 1.165) is 0 Å². The monoisotopic (exact) mass is 658 g/mol. The molecule has 0 amide bonds. The molecular formula is C52H34. The summed E-state index contributed by atoms with van der Waals surface area (Å²) < 4.78 is 0. The van der Waals surface area contributed by atoms with Crippen LogP contribution in [0.15, 0.2) is 206 Å². The van der Waals surface area contributed by atoms with E-state index in [-0.39, 0.29) is 0 Å². The van der Waals surface area contributed by atoms with Gasteiger partial charge in [-0.05, 0) is 111 Å². The van der Waals surface area contributed by atoms with Crippen LogP contribution >= 0.6 is 0 Å². The summed E-state index contributed by atoms with van der Waals surface area (Å²) in [6.45, 7) is 0. The lowest BCUT2D eigenvalue weighted by molar-refractivity contribution is 1.61. The Labute approximate surface area is 303 Å². The highest BCUT2D eigenvalue weighted by molar-refractivity contribution is 6.22. The third-order valence-electron chi connectivity index (χ3n) is 10.7. The van der Waals surface area contributed by atoms with Crippen molar-refractivity contribution in [3.05, 3.63) is 206 Å². The summed E-state index contributed by atoms with van der Waals surface area (Å²) in [4.78, 5) is 0. The van der Waals surface area contributed by atoms with E-state index in [1.165, 1.54) is 98.7 Å². The Morgan fingerprint density at radius 1 is 0.192 bits per heavy atom. The van der Waals surface area contributed by atoms with Crippen molar-refractivity contribution in [2.75, 3.05) is 0 Å². The van der Waals surface area contributed by atoms with Gasteiger partial charge in [-0.1, -0.05) is 194 Å². The van der Waals surface area contributed by atoms with Gasteiger partial charge in [0.1, 0.15) is 0 Å². The van der Waals surface area contributed by atoms with Crippen molar-refractivity contribution < 1.29 is 0 Å². The smallest absolute Gasteiger partial charge is 0.00261 e. The van der Waals surface area contributed by atoms with Crippen molar-refractivity contribution in [3.8, 4) is 55.6 Å². The Kier molecular flexibility index (Phi) is 7.25. The topological polar surface area (TPSA) is 0 Å². The molecule has 0 nitrogen and oxygen atoms in total. The minimum Gasteiger partial charge on any atom is -0.0622 e. The number of fused-ring (bicyclic) bond motifs is 4. The lowest BCUT2D eigenvalue weighted by Gasteiger charge is -2.19. The van der Waals surface area contributed by atoms with Crippen molar-refractivity contribution in [2.45, 2.75) is 0 Å². The zero-order valence-electron chi connectivity index (χ0n) is 28.6. The van der Waals surface area contributed by atoms with Gasteiger partial charge in [-0.2, -0.15) is 0 Å². The van der Waals surface area contributed by atoms with E-state index in [4.69, 9.17) is 0 Å². The molecule has 0 fully saturated rings. The first-order valence-electron chi connectivity index (χ1n) is 18.0. The predicted molar refractivity (Wildman–Crippen MR) is 224 cm³/mol. The highest BCUT2D eigenvalue weighted by atomic mass is 14.2. The van der Waals surface area contributed by atoms with E-state index in [1.807, 2.05) is 0 Å². The fourth-order valence-electron chi connectivity index (χ4n) is 8.22. The van der Waals surface area contributed by atoms with Crippen molar-refractivity contribution in [1.29, 1.82) is 0 Å². The van der Waals surface area contributed by atoms with Crippen LogP contribution in [0.25, 0.3) is 98.7 Å². The van der Waals surface area contributed by atoms with Crippen molar-refractivity contribution in [2.24, 2.45) is 0 Å². The molecule has 0 radical (unpaired) electrons. The maximum atomic E-state index is 2.41. The molecule has 0 bridgehead atoms. The SMILES string of the molecule is c1ccc(-c2ccc3c(-c4cccc(-c5cccc6ccccc56)c4)c4ccccc4c(-c4ccc(-c5cccc6ccccc56)cc4)c3c2)cc1. The first-order valence-corrected chi connectivity index (χ1v) is 18.0. The molecule has 0 saturated carbocycles. The molecular weight excluding hydrogens is 625 g/mol. The molecule has 0 aliphatic carbocycles. The average Bonchev–Trinajstić information content (AvgIpc) is 3.22. The molecule has 0 heterocycles. The summed E-state index contributed by atoms with van der Waals surface area (Å²) in [6.07, 6.45) is 0. The summed E-state index contributed by atoms with van der Waals surface area (Å²) in [5, 5.41) is 10.1. The highest BCUT2D eigenvalue weighted by Gasteiger charge is 2.18. The second kappa shape index (κ2) is 12.5. The van der Waals surface area contributed by atoms with Crippen LogP contribution < -0.4 is 0 Å². The number of benzene rings is 10. The summed E-state index contributed by atoms with van der Waals surface area (Å²) >= 11 is 0. The second-order valence-electron chi connectivity index (χ2n) is 13.6. The summed E-state index contributed by atoms with van der Waals surface area (Å²) in [7, 11) is 0. The molecule has 10 rings (SSSR count). The zero-order chi connectivity index (χ0) is 34.4. The minimum absolute atomic E-state index is 1.21. The van der Waals surface area contributed by atoms with E-state index in [9.17, 15) is 0 Å². The van der Waals surface area contributed by atoms with Gasteiger partial charge in [0.2, 0.25) is 0 Å². The summed E-state index contributed by atoms with van der Waals surface area (Å²) in [6, 6.07) is 75.6. The van der Waals surface area contributed by atoms with Gasteiger partial charge >= 0.3 is 0 Å². The molecule has 242 valence electrons. The normalized spacial score (nSPS) is 11.5. The lowest BCUT2D eigenvalue weighted by atomic mass is 9.84. The highest BCUT2D eigenvalue weighted by Crippen LogP contribution is 2.46. The van der Waals surface area contributed by atoms with Crippen LogP contribution in [0, 0.1) is 0 Å². The summed E-state index contributed by atoms with van der Waals surface area (Å²) in [5.74, 6) is 0. The zero-order valence-corrected chi connectivity index (χ0v) is 28.6. The first kappa shape index (κ1) is 30.1. The molecule has 0 aliphatic rings. The number of hydrogen-bond acceptors (Lipinski definition) is 0. The Morgan fingerprint density at radius 2 is 0.635 bits per heavy atom. The van der Waals surface area contributed by atoms with Gasteiger partial charge in [-0.3, -0.25) is 0 Å². The van der Waals surface area contributed by atoms with Crippen LogP contribution in [-0.4, -0.2) is 0 Å². The molecule has 0 spiro atoms. The maximum absolute atomic E-state index is 2.41. The Bertz CT molecular complexity index is 2920. The molecule has 0 atom stereocenters. The van der Waals surface area contributed by atoms with Crippen LogP contribution in [-0.2, 0) is 0 Å². The van der Waals surface area contributed by atoms with Crippen molar-refractivity contribution >= 4 is 43.1 Å². The molecule has 0 unspecified atom stereocenters. The number of rotatable bonds is 5. The Morgan fingerprint density at radius 3 is 1.31 bits per heavy atom. The van der Waals surface area contributed by atoms with Crippen LogP contribution in [0.1, 0.15) is 0 Å². The van der Waals surface area contributed by atoms with Crippen LogP contribution in [0.4, 0.5) is 0 Å². The Balaban J connectivity index is 1.22. The van der Waals surface area contributed by atoms with Crippen LogP contribution in [0.5, 0.6) is 0 Å². The molecule has 52 heavy (non-hydrogen) atoms. The van der Waals surface area contributed by atoms with Gasteiger partial charge < -0.3 is 0 Å². The third kappa shape index (κ3) is 5.08. The first-order chi connectivity index (χ1) is 25.8. The van der Waals surface area contributed by atoms with E-state index in [1.54, 1.807) is 0 Å². The van der Waals surface area contributed by atoms with Crippen molar-refractivity contribution in [3.63, 3.8) is 0 Å². The molecule has 0 aromatic heterocycles. The van der Waals surface area contributed by atoms with E-state index in [2.05, 4.69) is 206 Å². The fraction of sp³-hybridized carbons (Fsp3) is 0. The van der Waals surface area contributed by atoms with E-state index >= 15 is 0 Å². The fourth-order valence-corrected chi connectivity index (χ4v) is 8.22. The van der Waals surface area contributed by atoms with E-state index < -0.39 is 0 Å². The third-order valence-corrected chi connectivity index (χ3v) is 10.7. The van der Waals surface area contributed by atoms with Crippen LogP contribution in [0.3, 0.4) is 0 Å². The average molecular weight is 659 g/mol. The van der Waals surface area contributed by atoms with Gasteiger partial charge in [-0.25, -0.2) is 0 Å². The van der Waals surface area contributed by atoms with Crippen molar-refractivity contribution in [1.82, 2.24) is 0 Å². The minimum atomic E-state index is 1.21. The largest absolute Gasteiger partial charge is 0.0622 e. The predicted octanol–water partition coefficient (Wildman–Crippen LogP) is 14.6. The standard InChI is InChI=1S/C52H34/c1-2-13-35(14-3-1)40-31-32-49-50(34-40)51(39-29-27-38(28-30-39)45-25-11-17-36-15-4-6-21-43(36)45)47-23-8-9-24-48(47)52(49)42-20-10-19-41(33-42)46-26-12-18-37-16-5-7-22-44(37)46/h1-34H. The molecule has 0 saturated heterocycles. The van der Waals surface area contributed by atoms with Gasteiger partial charge in [0.25, 0.3) is 0 Å². The maximum Gasteiger partial charge on any atom is -0.00261 e. The Hall–Kier alpha value is -6.76. The molecule has 10 aromatic carbocycles.